The van der Waals surface area contributed by atoms with E-state index < -0.39 is 17.7 Å². The molecule has 0 aromatic heterocycles. The zero-order chi connectivity index (χ0) is 19.6. The molecule has 3 amide bonds. The highest BCUT2D eigenvalue weighted by molar-refractivity contribution is 6.04. The van der Waals surface area contributed by atoms with Crippen LogP contribution in [-0.2, 0) is 11.3 Å². The van der Waals surface area contributed by atoms with Gasteiger partial charge in [-0.25, -0.2) is 4.79 Å². The van der Waals surface area contributed by atoms with Gasteiger partial charge in [-0.1, -0.05) is 18.2 Å². The third kappa shape index (κ3) is 3.66. The number of hydrogen-bond acceptors (Lipinski definition) is 5. The maximum atomic E-state index is 12.4. The molecule has 0 saturated carbocycles. The van der Waals surface area contributed by atoms with Gasteiger partial charge in [0.05, 0.1) is 13.7 Å². The largest absolute Gasteiger partial charge is 0.497 e. The fraction of sp³-hybridized carbons (Fsp3) is 0.333. The van der Waals surface area contributed by atoms with Crippen molar-refractivity contribution in [2.45, 2.75) is 25.2 Å². The van der Waals surface area contributed by atoms with Gasteiger partial charge in [0, 0.05) is 37.1 Å². The normalized spacial score (nSPS) is 17.4. The molecule has 7 heteroatoms. The average molecular weight is 382 g/mol. The van der Waals surface area contributed by atoms with Gasteiger partial charge in [0.2, 0.25) is 5.79 Å². The van der Waals surface area contributed by atoms with Crippen LogP contribution in [-0.4, -0.2) is 42.8 Å². The van der Waals surface area contributed by atoms with Crippen molar-refractivity contribution in [2.24, 2.45) is 0 Å². The number of urea groups is 1. The van der Waals surface area contributed by atoms with E-state index in [1.54, 1.807) is 36.3 Å². The smallest absolute Gasteiger partial charge is 0.324 e. The first-order valence-electron chi connectivity index (χ1n) is 9.24. The quantitative estimate of drug-likeness (QED) is 0.864. The van der Waals surface area contributed by atoms with E-state index in [-0.39, 0.29) is 0 Å². The van der Waals surface area contributed by atoms with E-state index in [0.29, 0.717) is 38.1 Å². The van der Waals surface area contributed by atoms with Crippen LogP contribution in [0.3, 0.4) is 0 Å². The lowest BCUT2D eigenvalue weighted by Crippen LogP contribution is -2.54. The fourth-order valence-corrected chi connectivity index (χ4v) is 3.47. The molecule has 2 heterocycles. The topological polar surface area (TPSA) is 77.1 Å². The van der Waals surface area contributed by atoms with Crippen LogP contribution in [0.1, 0.15) is 28.8 Å². The van der Waals surface area contributed by atoms with Crippen molar-refractivity contribution in [3.05, 3.63) is 59.7 Å². The van der Waals surface area contributed by atoms with Crippen molar-refractivity contribution in [1.82, 2.24) is 10.2 Å². The van der Waals surface area contributed by atoms with Crippen molar-refractivity contribution in [2.75, 3.05) is 20.2 Å². The third-order valence-corrected chi connectivity index (χ3v) is 5.12. The second kappa shape index (κ2) is 7.52. The standard InChI is InChI=1S/C21H22N2O5/c1-26-17-7-8-18-16(13-17)14-27-21(28-18)9-11-23(12-10-21)20(25)22-19(24)15-5-3-2-4-6-15/h2-8,13H,9-12,14H2,1H3,(H,22,24,25). The highest BCUT2D eigenvalue weighted by atomic mass is 16.7. The SMILES string of the molecule is COc1ccc2c(c1)COC1(CCN(C(=O)NC(=O)c3ccccc3)CC1)O2. The van der Waals surface area contributed by atoms with E-state index >= 15 is 0 Å². The Balaban J connectivity index is 1.35. The van der Waals surface area contributed by atoms with Crippen LogP contribution in [0.5, 0.6) is 11.5 Å². The average Bonchev–Trinajstić information content (AvgIpc) is 2.74. The van der Waals surface area contributed by atoms with E-state index in [9.17, 15) is 9.59 Å². The molecule has 2 aromatic rings. The first-order chi connectivity index (χ1) is 13.6. The number of amides is 3. The zero-order valence-corrected chi connectivity index (χ0v) is 15.6. The molecular formula is C21H22N2O5. The number of carbonyl (C=O) groups excluding carboxylic acids is 2. The maximum absolute atomic E-state index is 12.4. The highest BCUT2D eigenvalue weighted by Gasteiger charge is 2.42. The predicted molar refractivity (Wildman–Crippen MR) is 101 cm³/mol. The Morgan fingerprint density at radius 3 is 2.57 bits per heavy atom. The predicted octanol–water partition coefficient (Wildman–Crippen LogP) is 2.95. The van der Waals surface area contributed by atoms with Crippen molar-refractivity contribution < 1.29 is 23.8 Å². The summed E-state index contributed by atoms with van der Waals surface area (Å²) in [7, 11) is 1.62. The Labute approximate surface area is 163 Å². The van der Waals surface area contributed by atoms with Crippen LogP contribution in [0.15, 0.2) is 48.5 Å². The number of benzene rings is 2. The number of imide groups is 1. The highest BCUT2D eigenvalue weighted by Crippen LogP contribution is 2.38. The number of nitrogens with one attached hydrogen (secondary N) is 1. The summed E-state index contributed by atoms with van der Waals surface area (Å²) in [6.45, 7) is 1.32. The molecule has 2 aliphatic rings. The van der Waals surface area contributed by atoms with Crippen molar-refractivity contribution in [3.8, 4) is 11.5 Å². The number of likely N-dealkylation sites (tertiary alicyclic amines) is 1. The molecule has 0 bridgehead atoms. The number of ether oxygens (including phenoxy) is 3. The van der Waals surface area contributed by atoms with Crippen LogP contribution in [0.4, 0.5) is 4.79 Å². The van der Waals surface area contributed by atoms with E-state index in [2.05, 4.69) is 5.32 Å². The van der Waals surface area contributed by atoms with Gasteiger partial charge in [0.1, 0.15) is 11.5 Å². The molecule has 7 nitrogen and oxygen atoms in total. The minimum Gasteiger partial charge on any atom is -0.497 e. The summed E-state index contributed by atoms with van der Waals surface area (Å²) in [5.74, 6) is 0.404. The molecule has 0 unspecified atom stereocenters. The summed E-state index contributed by atoms with van der Waals surface area (Å²) >= 11 is 0. The van der Waals surface area contributed by atoms with Gasteiger partial charge in [-0.3, -0.25) is 10.1 Å². The Kier molecular flexibility index (Phi) is 4.92. The monoisotopic (exact) mass is 382 g/mol. The second-order valence-electron chi connectivity index (χ2n) is 6.89. The van der Waals surface area contributed by atoms with Gasteiger partial charge in [0.15, 0.2) is 0 Å². The van der Waals surface area contributed by atoms with Crippen molar-refractivity contribution in [1.29, 1.82) is 0 Å². The molecule has 0 atom stereocenters. The van der Waals surface area contributed by atoms with Crippen LogP contribution in [0.2, 0.25) is 0 Å². The molecule has 0 aliphatic carbocycles. The number of nitrogens with zero attached hydrogens (tertiary/aromatic N) is 1. The Bertz CT molecular complexity index is 876. The third-order valence-electron chi connectivity index (χ3n) is 5.12. The molecule has 146 valence electrons. The Morgan fingerprint density at radius 1 is 1.11 bits per heavy atom. The lowest BCUT2D eigenvalue weighted by atomic mass is 10.0. The van der Waals surface area contributed by atoms with E-state index in [1.165, 1.54) is 0 Å². The van der Waals surface area contributed by atoms with E-state index in [4.69, 9.17) is 14.2 Å². The summed E-state index contributed by atoms with van der Waals surface area (Å²) in [4.78, 5) is 26.2. The fourth-order valence-electron chi connectivity index (χ4n) is 3.47. The molecular weight excluding hydrogens is 360 g/mol. The van der Waals surface area contributed by atoms with Crippen LogP contribution in [0.25, 0.3) is 0 Å². The van der Waals surface area contributed by atoms with Crippen LogP contribution < -0.4 is 14.8 Å². The molecule has 1 N–H and O–H groups in total. The lowest BCUT2D eigenvalue weighted by Gasteiger charge is -2.43. The molecule has 1 saturated heterocycles. The summed E-state index contributed by atoms with van der Waals surface area (Å²) in [5, 5.41) is 2.44. The van der Waals surface area contributed by atoms with Gasteiger partial charge >= 0.3 is 6.03 Å². The first-order valence-corrected chi connectivity index (χ1v) is 9.24. The van der Waals surface area contributed by atoms with E-state index in [1.807, 2.05) is 24.3 Å². The zero-order valence-electron chi connectivity index (χ0n) is 15.6. The van der Waals surface area contributed by atoms with Gasteiger partial charge in [-0.15, -0.1) is 0 Å². The summed E-state index contributed by atoms with van der Waals surface area (Å²) in [5.41, 5.74) is 1.40. The Morgan fingerprint density at radius 2 is 1.86 bits per heavy atom. The molecule has 2 aromatic carbocycles. The molecule has 2 aliphatic heterocycles. The van der Waals surface area contributed by atoms with Gasteiger partial charge in [-0.2, -0.15) is 0 Å². The minimum atomic E-state index is -0.734. The Hall–Kier alpha value is -3.06. The first kappa shape index (κ1) is 18.3. The lowest BCUT2D eigenvalue weighted by molar-refractivity contribution is -0.225. The number of methoxy groups -OCH3 is 1. The summed E-state index contributed by atoms with van der Waals surface area (Å²) < 4.78 is 17.4. The number of hydrogen-bond donors (Lipinski definition) is 1. The number of carbonyl (C=O) groups is 2. The second-order valence-corrected chi connectivity index (χ2v) is 6.89. The van der Waals surface area contributed by atoms with Gasteiger partial charge in [0.25, 0.3) is 5.91 Å². The molecule has 4 rings (SSSR count). The molecule has 28 heavy (non-hydrogen) atoms. The van der Waals surface area contributed by atoms with Gasteiger partial charge in [-0.05, 0) is 30.3 Å². The van der Waals surface area contributed by atoms with Crippen molar-refractivity contribution in [3.63, 3.8) is 0 Å². The minimum absolute atomic E-state index is 0.398. The van der Waals surface area contributed by atoms with Gasteiger partial charge < -0.3 is 19.1 Å². The molecule has 1 fully saturated rings. The maximum Gasteiger partial charge on any atom is 0.324 e. The summed E-state index contributed by atoms with van der Waals surface area (Å²) in [6.07, 6.45) is 1.07. The van der Waals surface area contributed by atoms with E-state index in [0.717, 1.165) is 17.1 Å². The molecule has 1 spiro atoms. The molecule has 0 radical (unpaired) electrons. The summed E-state index contributed by atoms with van der Waals surface area (Å²) in [6, 6.07) is 13.9. The van der Waals surface area contributed by atoms with Crippen LogP contribution in [0, 0.1) is 0 Å². The van der Waals surface area contributed by atoms with Crippen LogP contribution >= 0.6 is 0 Å². The number of rotatable bonds is 2. The number of piperidine rings is 1. The number of fused-ring (bicyclic) bond motifs is 1. The van der Waals surface area contributed by atoms with Crippen molar-refractivity contribution >= 4 is 11.9 Å².